The number of hydrogen-bond donors (Lipinski definition) is 1. The van der Waals surface area contributed by atoms with E-state index in [-0.39, 0.29) is 18.2 Å². The molecule has 2 aromatic heterocycles. The number of carbonyl (C=O) groups is 2. The van der Waals surface area contributed by atoms with E-state index in [9.17, 15) is 9.59 Å². The summed E-state index contributed by atoms with van der Waals surface area (Å²) in [5.74, 6) is 0.208. The summed E-state index contributed by atoms with van der Waals surface area (Å²) >= 11 is 0. The molecule has 164 valence electrons. The van der Waals surface area contributed by atoms with Crippen molar-refractivity contribution in [3.05, 3.63) is 65.7 Å². The topological polar surface area (TPSA) is 80.4 Å². The average molecular weight is 423 g/mol. The van der Waals surface area contributed by atoms with Gasteiger partial charge in [-0.2, -0.15) is 0 Å². The number of amides is 2. The third kappa shape index (κ3) is 5.42. The maximum absolute atomic E-state index is 12.9. The molecule has 1 unspecified atom stereocenters. The van der Waals surface area contributed by atoms with E-state index in [2.05, 4.69) is 33.2 Å². The molecule has 1 aromatic carbocycles. The van der Waals surface area contributed by atoms with Gasteiger partial charge >= 0.3 is 0 Å². The lowest BCUT2D eigenvalue weighted by molar-refractivity contribution is -0.140. The van der Waals surface area contributed by atoms with E-state index in [1.54, 1.807) is 11.0 Å². The van der Waals surface area contributed by atoms with Crippen LogP contribution in [0.1, 0.15) is 37.3 Å². The van der Waals surface area contributed by atoms with E-state index in [1.165, 1.54) is 0 Å². The minimum Gasteiger partial charge on any atom is -0.361 e. The number of aryl methyl sites for hydroxylation is 2. The fourth-order valence-corrected chi connectivity index (χ4v) is 3.73. The summed E-state index contributed by atoms with van der Waals surface area (Å²) in [4.78, 5) is 27.2. The van der Waals surface area contributed by atoms with E-state index in [1.807, 2.05) is 52.2 Å². The highest BCUT2D eigenvalue weighted by Crippen LogP contribution is 2.19. The molecule has 1 atom stereocenters. The Kier molecular flexibility index (Phi) is 7.28. The molecule has 7 nitrogen and oxygen atoms in total. The zero-order chi connectivity index (χ0) is 22.4. The molecular formula is C24H30N4O3. The molecule has 0 saturated carbocycles. The number of likely N-dealkylation sites (N-methyl/N-ethyl adjacent to an activating group) is 1. The van der Waals surface area contributed by atoms with Crippen LogP contribution >= 0.6 is 0 Å². The molecule has 7 heteroatoms. The molecular weight excluding hydrogens is 392 g/mol. The Morgan fingerprint density at radius 2 is 1.94 bits per heavy atom. The van der Waals surface area contributed by atoms with Crippen LogP contribution in [0.4, 0.5) is 0 Å². The molecule has 0 bridgehead atoms. The Balaban J connectivity index is 1.60. The molecule has 3 rings (SSSR count). The summed E-state index contributed by atoms with van der Waals surface area (Å²) in [6.45, 7) is 6.46. The average Bonchev–Trinajstić information content (AvgIpc) is 3.38. The summed E-state index contributed by atoms with van der Waals surface area (Å²) in [7, 11) is 2.01. The summed E-state index contributed by atoms with van der Waals surface area (Å²) in [5, 5.41) is 6.80. The second-order valence-corrected chi connectivity index (χ2v) is 7.63. The van der Waals surface area contributed by atoms with Crippen molar-refractivity contribution in [1.82, 2.24) is 19.9 Å². The smallest absolute Gasteiger partial charge is 0.243 e. The predicted molar refractivity (Wildman–Crippen MR) is 119 cm³/mol. The molecule has 0 fully saturated rings. The maximum atomic E-state index is 12.9. The predicted octanol–water partition coefficient (Wildman–Crippen LogP) is 3.47. The fraction of sp³-hybridized carbons (Fsp3) is 0.375. The molecule has 1 N–H and O–H groups in total. The SMILES string of the molecule is CCC(C(=O)NCc1ccc(-c2cccn2C)cc1)N(CC)C(=O)Cc1cc(C)no1. The zero-order valence-corrected chi connectivity index (χ0v) is 18.6. The van der Waals surface area contributed by atoms with Gasteiger partial charge in [-0.05, 0) is 43.5 Å². The Morgan fingerprint density at radius 1 is 1.19 bits per heavy atom. The van der Waals surface area contributed by atoms with Gasteiger partial charge in [-0.15, -0.1) is 0 Å². The van der Waals surface area contributed by atoms with Gasteiger partial charge in [0.15, 0.2) is 0 Å². The van der Waals surface area contributed by atoms with Crippen LogP contribution in [0.5, 0.6) is 0 Å². The van der Waals surface area contributed by atoms with Crippen molar-refractivity contribution < 1.29 is 14.1 Å². The van der Waals surface area contributed by atoms with E-state index in [0.29, 0.717) is 25.3 Å². The van der Waals surface area contributed by atoms with Crippen molar-refractivity contribution in [2.75, 3.05) is 6.54 Å². The first-order valence-electron chi connectivity index (χ1n) is 10.6. The molecule has 0 aliphatic rings. The van der Waals surface area contributed by atoms with Crippen LogP contribution in [0, 0.1) is 6.92 Å². The lowest BCUT2D eigenvalue weighted by Crippen LogP contribution is -2.49. The maximum Gasteiger partial charge on any atom is 0.243 e. The third-order valence-corrected chi connectivity index (χ3v) is 5.39. The number of hydrogen-bond acceptors (Lipinski definition) is 4. The van der Waals surface area contributed by atoms with E-state index in [4.69, 9.17) is 4.52 Å². The lowest BCUT2D eigenvalue weighted by atomic mass is 10.1. The van der Waals surface area contributed by atoms with E-state index in [0.717, 1.165) is 22.5 Å². The second-order valence-electron chi connectivity index (χ2n) is 7.63. The van der Waals surface area contributed by atoms with Crippen LogP contribution < -0.4 is 5.32 Å². The fourth-order valence-electron chi connectivity index (χ4n) is 3.73. The van der Waals surface area contributed by atoms with Crippen LogP contribution in [0.25, 0.3) is 11.3 Å². The zero-order valence-electron chi connectivity index (χ0n) is 18.6. The third-order valence-electron chi connectivity index (χ3n) is 5.39. The van der Waals surface area contributed by atoms with Crippen molar-refractivity contribution >= 4 is 11.8 Å². The highest BCUT2D eigenvalue weighted by molar-refractivity contribution is 5.88. The molecule has 2 amide bonds. The van der Waals surface area contributed by atoms with Gasteiger partial charge in [-0.1, -0.05) is 36.3 Å². The largest absolute Gasteiger partial charge is 0.361 e. The number of aromatic nitrogens is 2. The molecule has 3 aromatic rings. The Morgan fingerprint density at radius 3 is 2.48 bits per heavy atom. The number of carbonyl (C=O) groups excluding carboxylic acids is 2. The molecule has 0 aliphatic carbocycles. The van der Waals surface area contributed by atoms with Crippen LogP contribution in [-0.4, -0.2) is 39.0 Å². The van der Waals surface area contributed by atoms with Gasteiger partial charge in [-0.3, -0.25) is 9.59 Å². The van der Waals surface area contributed by atoms with Crippen molar-refractivity contribution in [3.63, 3.8) is 0 Å². The first-order chi connectivity index (χ1) is 14.9. The monoisotopic (exact) mass is 422 g/mol. The van der Waals surface area contributed by atoms with Crippen LogP contribution in [0.3, 0.4) is 0 Å². The highest BCUT2D eigenvalue weighted by atomic mass is 16.5. The molecule has 2 heterocycles. The minimum atomic E-state index is -0.524. The minimum absolute atomic E-state index is 0.0963. The van der Waals surface area contributed by atoms with Crippen molar-refractivity contribution in [1.29, 1.82) is 0 Å². The Hall–Kier alpha value is -3.35. The second kappa shape index (κ2) is 10.1. The van der Waals surface area contributed by atoms with Gasteiger partial charge in [0, 0.05) is 38.1 Å². The molecule has 0 saturated heterocycles. The van der Waals surface area contributed by atoms with Gasteiger partial charge in [0.1, 0.15) is 11.8 Å². The van der Waals surface area contributed by atoms with Gasteiger partial charge in [0.25, 0.3) is 0 Å². The van der Waals surface area contributed by atoms with Crippen molar-refractivity contribution in [2.45, 2.75) is 46.2 Å². The summed E-state index contributed by atoms with van der Waals surface area (Å²) in [5.41, 5.74) is 4.00. The first kappa shape index (κ1) is 22.3. The molecule has 0 aliphatic heterocycles. The Bertz CT molecular complexity index is 1020. The summed E-state index contributed by atoms with van der Waals surface area (Å²) < 4.78 is 7.22. The highest BCUT2D eigenvalue weighted by Gasteiger charge is 2.27. The Labute approximate surface area is 183 Å². The molecule has 31 heavy (non-hydrogen) atoms. The molecule has 0 radical (unpaired) electrons. The van der Waals surface area contributed by atoms with Crippen molar-refractivity contribution in [3.8, 4) is 11.3 Å². The van der Waals surface area contributed by atoms with Gasteiger partial charge in [0.05, 0.1) is 12.1 Å². The first-order valence-corrected chi connectivity index (χ1v) is 10.6. The normalized spacial score (nSPS) is 11.9. The molecule has 0 spiro atoms. The van der Waals surface area contributed by atoms with Crippen LogP contribution in [0.2, 0.25) is 0 Å². The number of benzene rings is 1. The van der Waals surface area contributed by atoms with Crippen LogP contribution in [-0.2, 0) is 29.6 Å². The summed E-state index contributed by atoms with van der Waals surface area (Å²) in [6, 6.07) is 13.4. The number of nitrogens with zero attached hydrogens (tertiary/aromatic N) is 3. The summed E-state index contributed by atoms with van der Waals surface area (Å²) in [6.07, 6.45) is 2.64. The number of rotatable bonds is 9. The van der Waals surface area contributed by atoms with Gasteiger partial charge in [0.2, 0.25) is 11.8 Å². The van der Waals surface area contributed by atoms with Crippen LogP contribution in [0.15, 0.2) is 53.2 Å². The van der Waals surface area contributed by atoms with Crippen molar-refractivity contribution in [2.24, 2.45) is 7.05 Å². The number of nitrogens with one attached hydrogen (secondary N) is 1. The van der Waals surface area contributed by atoms with Gasteiger partial charge in [-0.25, -0.2) is 0 Å². The van der Waals surface area contributed by atoms with E-state index >= 15 is 0 Å². The van der Waals surface area contributed by atoms with Gasteiger partial charge < -0.3 is 19.3 Å². The lowest BCUT2D eigenvalue weighted by Gasteiger charge is -2.29. The quantitative estimate of drug-likeness (QED) is 0.573. The standard InChI is InChI=1S/C24H30N4O3/c1-5-21(28(6-2)23(29)15-20-14-17(3)26-31-20)24(30)25-16-18-9-11-19(12-10-18)22-8-7-13-27(22)4/h7-14,21H,5-6,15-16H2,1-4H3,(H,25,30). The van der Waals surface area contributed by atoms with E-state index < -0.39 is 6.04 Å².